The third-order valence-electron chi connectivity index (χ3n) is 5.18. The maximum absolute atomic E-state index is 13.1. The van der Waals surface area contributed by atoms with Crippen molar-refractivity contribution in [3.8, 4) is 5.75 Å². The summed E-state index contributed by atoms with van der Waals surface area (Å²) >= 11 is 0. The first-order valence-electron chi connectivity index (χ1n) is 9.66. The molecule has 1 fully saturated rings. The third-order valence-corrected chi connectivity index (χ3v) is 5.18. The van der Waals surface area contributed by atoms with Crippen LogP contribution < -0.4 is 16.2 Å². The molecule has 0 bridgehead atoms. The van der Waals surface area contributed by atoms with E-state index in [9.17, 15) is 19.8 Å². The van der Waals surface area contributed by atoms with E-state index in [2.05, 4.69) is 25.8 Å². The maximum atomic E-state index is 13.1. The highest BCUT2D eigenvalue weighted by molar-refractivity contribution is 5.87. The number of aliphatic hydroxyl groups is 2. The Bertz CT molecular complexity index is 966. The van der Waals surface area contributed by atoms with Gasteiger partial charge in [0, 0.05) is 12.6 Å². The Morgan fingerprint density at radius 3 is 2.53 bits per heavy atom. The number of rotatable bonds is 6. The number of ether oxygens (including phenoxy) is 2. The predicted molar refractivity (Wildman–Crippen MR) is 109 cm³/mol. The summed E-state index contributed by atoms with van der Waals surface area (Å²) in [7, 11) is 0. The number of benzene rings is 1. The number of aliphatic hydroxyl groups excluding tert-OH is 2. The number of nitrogen functional groups attached to an aromatic ring is 1. The average Bonchev–Trinajstić information content (AvgIpc) is 3.03. The summed E-state index contributed by atoms with van der Waals surface area (Å²) in [4.78, 5) is 29.2. The number of aromatic nitrogens is 2. The molecule has 3 atom stereocenters. The van der Waals surface area contributed by atoms with Gasteiger partial charge in [0.15, 0.2) is 6.61 Å². The number of carbonyl (C=O) groups excluding carboxylic acids is 1. The molecule has 1 aliphatic heterocycles. The Morgan fingerprint density at radius 2 is 2.00 bits per heavy atom. The van der Waals surface area contributed by atoms with Gasteiger partial charge in [-0.3, -0.25) is 9.36 Å². The van der Waals surface area contributed by atoms with Crippen molar-refractivity contribution in [1.29, 1.82) is 0 Å². The molecule has 2 heterocycles. The van der Waals surface area contributed by atoms with E-state index in [0.717, 1.165) is 10.1 Å². The molecular formula is C21H27N3O6. The van der Waals surface area contributed by atoms with Crippen LogP contribution in [0.1, 0.15) is 32.8 Å². The molecular weight excluding hydrogens is 390 g/mol. The van der Waals surface area contributed by atoms with E-state index in [1.54, 1.807) is 12.1 Å². The Morgan fingerprint density at radius 1 is 1.33 bits per heavy atom. The minimum atomic E-state index is -1.85. The molecule has 1 saturated heterocycles. The Kier molecular flexibility index (Phi) is 5.98. The highest BCUT2D eigenvalue weighted by atomic mass is 16.6. The van der Waals surface area contributed by atoms with Crippen LogP contribution in [0, 0.1) is 0 Å². The monoisotopic (exact) mass is 417 g/mol. The van der Waals surface area contributed by atoms with Crippen molar-refractivity contribution in [2.45, 2.75) is 50.5 Å². The van der Waals surface area contributed by atoms with Crippen molar-refractivity contribution in [1.82, 2.24) is 9.55 Å². The van der Waals surface area contributed by atoms with Crippen LogP contribution in [0.15, 0.2) is 41.3 Å². The SMILES string of the molecule is CC(C)(C)c1ccc(OCC(=O)[C@]2(n3ccc(N)nc3=O)C[C@H](O)[C@@H](CO)O2)cc1. The molecule has 0 aliphatic carbocycles. The van der Waals surface area contributed by atoms with Crippen molar-refractivity contribution in [2.24, 2.45) is 0 Å². The lowest BCUT2D eigenvalue weighted by Crippen LogP contribution is -2.50. The predicted octanol–water partition coefficient (Wildman–Crippen LogP) is 0.566. The Labute approximate surface area is 174 Å². The molecule has 0 amide bonds. The van der Waals surface area contributed by atoms with E-state index in [4.69, 9.17) is 15.2 Å². The van der Waals surface area contributed by atoms with Crippen LogP contribution >= 0.6 is 0 Å². The molecule has 3 rings (SSSR count). The molecule has 162 valence electrons. The van der Waals surface area contributed by atoms with Gasteiger partial charge in [0.25, 0.3) is 0 Å². The number of anilines is 1. The van der Waals surface area contributed by atoms with Gasteiger partial charge in [-0.05, 0) is 29.2 Å². The van der Waals surface area contributed by atoms with Gasteiger partial charge in [-0.15, -0.1) is 0 Å². The van der Waals surface area contributed by atoms with Gasteiger partial charge in [0.05, 0.1) is 12.7 Å². The zero-order chi connectivity index (χ0) is 22.1. The zero-order valence-electron chi connectivity index (χ0n) is 17.2. The number of nitrogens with zero attached hydrogens (tertiary/aromatic N) is 2. The molecule has 4 N–H and O–H groups in total. The Hall–Kier alpha value is -2.75. The first kappa shape index (κ1) is 21.9. The summed E-state index contributed by atoms with van der Waals surface area (Å²) in [5.74, 6) is -0.121. The van der Waals surface area contributed by atoms with Crippen LogP contribution in [0.5, 0.6) is 5.75 Å². The van der Waals surface area contributed by atoms with Crippen molar-refractivity contribution < 1.29 is 24.5 Å². The summed E-state index contributed by atoms with van der Waals surface area (Å²) in [5.41, 5.74) is 3.98. The number of nitrogens with two attached hydrogens (primary N) is 1. The number of Topliss-reactive ketones (excluding diaryl/α,β-unsaturated/α-hetero) is 1. The second kappa shape index (κ2) is 8.17. The molecule has 2 aromatic rings. The summed E-state index contributed by atoms with van der Waals surface area (Å²) in [6.07, 6.45) is -1.11. The number of carbonyl (C=O) groups is 1. The molecule has 1 aromatic carbocycles. The van der Waals surface area contributed by atoms with Crippen molar-refractivity contribution >= 4 is 11.6 Å². The number of ketones is 1. The molecule has 0 saturated carbocycles. The summed E-state index contributed by atoms with van der Waals surface area (Å²) in [6.45, 7) is 5.36. The van der Waals surface area contributed by atoms with E-state index < -0.39 is 42.6 Å². The maximum Gasteiger partial charge on any atom is 0.352 e. The van der Waals surface area contributed by atoms with Crippen LogP contribution in [0.2, 0.25) is 0 Å². The van der Waals surface area contributed by atoms with Gasteiger partial charge in [0.1, 0.15) is 17.7 Å². The van der Waals surface area contributed by atoms with Crippen molar-refractivity contribution in [3.63, 3.8) is 0 Å². The zero-order valence-corrected chi connectivity index (χ0v) is 17.2. The molecule has 1 aliphatic rings. The fourth-order valence-corrected chi connectivity index (χ4v) is 3.42. The van der Waals surface area contributed by atoms with Gasteiger partial charge in [-0.1, -0.05) is 32.9 Å². The van der Waals surface area contributed by atoms with Crippen LogP contribution in [0.4, 0.5) is 5.82 Å². The van der Waals surface area contributed by atoms with E-state index in [0.29, 0.717) is 5.75 Å². The number of hydrogen-bond donors (Lipinski definition) is 3. The summed E-state index contributed by atoms with van der Waals surface area (Å²) in [6, 6.07) is 8.71. The van der Waals surface area contributed by atoms with Gasteiger partial charge in [-0.2, -0.15) is 4.98 Å². The van der Waals surface area contributed by atoms with Crippen LogP contribution in [0.25, 0.3) is 0 Å². The van der Waals surface area contributed by atoms with E-state index >= 15 is 0 Å². The van der Waals surface area contributed by atoms with Gasteiger partial charge in [0.2, 0.25) is 11.5 Å². The van der Waals surface area contributed by atoms with Crippen LogP contribution in [0.3, 0.4) is 0 Å². The van der Waals surface area contributed by atoms with E-state index in [-0.39, 0.29) is 17.7 Å². The largest absolute Gasteiger partial charge is 0.486 e. The average molecular weight is 417 g/mol. The summed E-state index contributed by atoms with van der Waals surface area (Å²) in [5, 5.41) is 19.7. The van der Waals surface area contributed by atoms with E-state index in [1.165, 1.54) is 12.3 Å². The Balaban J connectivity index is 1.86. The van der Waals surface area contributed by atoms with Crippen LogP contribution in [-0.2, 0) is 20.7 Å². The van der Waals surface area contributed by atoms with Crippen molar-refractivity contribution in [2.75, 3.05) is 18.9 Å². The van der Waals surface area contributed by atoms with Gasteiger partial charge < -0.3 is 25.4 Å². The quantitative estimate of drug-likeness (QED) is 0.620. The first-order valence-corrected chi connectivity index (χ1v) is 9.66. The highest BCUT2D eigenvalue weighted by Crippen LogP contribution is 2.35. The highest BCUT2D eigenvalue weighted by Gasteiger charge is 2.53. The molecule has 0 spiro atoms. The second-order valence-electron chi connectivity index (χ2n) is 8.39. The van der Waals surface area contributed by atoms with Gasteiger partial charge >= 0.3 is 5.69 Å². The molecule has 0 radical (unpaired) electrons. The lowest BCUT2D eigenvalue weighted by molar-refractivity contribution is -0.164. The summed E-state index contributed by atoms with van der Waals surface area (Å²) < 4.78 is 12.3. The van der Waals surface area contributed by atoms with Crippen molar-refractivity contribution in [3.05, 3.63) is 52.6 Å². The lowest BCUT2D eigenvalue weighted by Gasteiger charge is -2.29. The minimum Gasteiger partial charge on any atom is -0.486 e. The lowest BCUT2D eigenvalue weighted by atomic mass is 9.87. The fraction of sp³-hybridized carbons (Fsp3) is 0.476. The van der Waals surface area contributed by atoms with Crippen LogP contribution in [-0.4, -0.2) is 51.0 Å². The fourth-order valence-electron chi connectivity index (χ4n) is 3.42. The molecule has 1 aromatic heterocycles. The van der Waals surface area contributed by atoms with E-state index in [1.807, 2.05) is 12.1 Å². The molecule has 9 nitrogen and oxygen atoms in total. The molecule has 0 unspecified atom stereocenters. The molecule has 9 heteroatoms. The second-order valence-corrected chi connectivity index (χ2v) is 8.39. The smallest absolute Gasteiger partial charge is 0.352 e. The molecule has 30 heavy (non-hydrogen) atoms. The standard InChI is InChI=1S/C21H27N3O6/c1-20(2,3)13-4-6-14(7-5-13)29-12-17(27)21(10-15(26)16(11-25)30-21)24-9-8-18(22)23-19(24)28/h4-9,15-16,25-26H,10-12H2,1-3H3,(H2,22,23,28)/t15-,16+,21-/m0/s1. The topological polar surface area (TPSA) is 137 Å². The first-order chi connectivity index (χ1) is 14.1. The van der Waals surface area contributed by atoms with Gasteiger partial charge in [-0.25, -0.2) is 4.79 Å². The normalized spacial score (nSPS) is 24.0. The third kappa shape index (κ3) is 4.23. The minimum absolute atomic E-state index is 0.00806. The number of hydrogen-bond acceptors (Lipinski definition) is 8.